The van der Waals surface area contributed by atoms with Crippen molar-refractivity contribution in [3.8, 4) is 5.75 Å². The maximum atomic E-state index is 13.2. The fraction of sp³-hybridized carbons (Fsp3) is 0.409. The fourth-order valence-corrected chi connectivity index (χ4v) is 3.63. The monoisotopic (exact) mass is 413 g/mol. The standard InChI is InChI=1S/C22H27N3O5/c1-12(2)11-30-21(27)16-13(3)23-19-18(20(26)25(5)22(28)24(19)4)17(16)14-8-7-9-15(10-14)29-6/h7-10,12,17,23H,11H2,1-6H3/t17-/m1/s1. The van der Waals surface area contributed by atoms with Crippen molar-refractivity contribution in [1.82, 2.24) is 9.13 Å². The molecule has 2 aromatic rings. The highest BCUT2D eigenvalue weighted by molar-refractivity contribution is 5.94. The molecule has 1 aromatic carbocycles. The van der Waals surface area contributed by atoms with E-state index in [9.17, 15) is 14.4 Å². The summed E-state index contributed by atoms with van der Waals surface area (Å²) in [6, 6.07) is 7.20. The number of esters is 1. The number of methoxy groups -OCH3 is 1. The number of rotatable bonds is 5. The molecule has 160 valence electrons. The Morgan fingerprint density at radius 3 is 2.53 bits per heavy atom. The van der Waals surface area contributed by atoms with E-state index in [0.717, 1.165) is 4.57 Å². The zero-order valence-electron chi connectivity index (χ0n) is 18.1. The Bertz CT molecular complexity index is 1140. The molecule has 0 saturated carbocycles. The van der Waals surface area contributed by atoms with Crippen LogP contribution in [0, 0.1) is 5.92 Å². The average Bonchev–Trinajstić information content (AvgIpc) is 2.73. The van der Waals surface area contributed by atoms with Crippen LogP contribution in [0.15, 0.2) is 45.1 Å². The van der Waals surface area contributed by atoms with E-state index in [4.69, 9.17) is 9.47 Å². The molecular weight excluding hydrogens is 386 g/mol. The first kappa shape index (κ1) is 21.4. The fourth-order valence-electron chi connectivity index (χ4n) is 3.63. The molecule has 2 heterocycles. The van der Waals surface area contributed by atoms with Gasteiger partial charge in [-0.2, -0.15) is 0 Å². The first-order chi connectivity index (χ1) is 14.2. The Hall–Kier alpha value is -3.29. The maximum absolute atomic E-state index is 13.2. The largest absolute Gasteiger partial charge is 0.497 e. The van der Waals surface area contributed by atoms with Crippen LogP contribution in [0.5, 0.6) is 5.75 Å². The maximum Gasteiger partial charge on any atom is 0.336 e. The molecule has 1 aromatic heterocycles. The topological polar surface area (TPSA) is 91.6 Å². The molecule has 8 heteroatoms. The number of allylic oxidation sites excluding steroid dienone is 1. The number of nitrogens with zero attached hydrogens (tertiary/aromatic N) is 2. The number of nitrogens with one attached hydrogen (secondary N) is 1. The molecular formula is C22H27N3O5. The highest BCUT2D eigenvalue weighted by Crippen LogP contribution is 2.40. The quantitative estimate of drug-likeness (QED) is 0.755. The van der Waals surface area contributed by atoms with E-state index in [0.29, 0.717) is 34.0 Å². The number of aromatic nitrogens is 2. The van der Waals surface area contributed by atoms with Gasteiger partial charge in [0.1, 0.15) is 11.6 Å². The summed E-state index contributed by atoms with van der Waals surface area (Å²) < 4.78 is 13.3. The van der Waals surface area contributed by atoms with E-state index in [1.165, 1.54) is 11.6 Å². The Kier molecular flexibility index (Phi) is 5.87. The summed E-state index contributed by atoms with van der Waals surface area (Å²) in [6.07, 6.45) is 0. The Morgan fingerprint density at radius 1 is 1.20 bits per heavy atom. The number of fused-ring (bicyclic) bond motifs is 1. The van der Waals surface area contributed by atoms with Gasteiger partial charge < -0.3 is 14.8 Å². The van der Waals surface area contributed by atoms with Crippen molar-refractivity contribution in [2.24, 2.45) is 20.0 Å². The third-order valence-electron chi connectivity index (χ3n) is 5.18. The second kappa shape index (κ2) is 8.22. The van der Waals surface area contributed by atoms with Crippen molar-refractivity contribution >= 4 is 11.8 Å². The van der Waals surface area contributed by atoms with Crippen molar-refractivity contribution in [1.29, 1.82) is 0 Å². The van der Waals surface area contributed by atoms with E-state index < -0.39 is 23.1 Å². The molecule has 0 amide bonds. The van der Waals surface area contributed by atoms with Crippen molar-refractivity contribution < 1.29 is 14.3 Å². The Labute approximate surface area is 174 Å². The van der Waals surface area contributed by atoms with Gasteiger partial charge in [-0.05, 0) is 30.5 Å². The minimum Gasteiger partial charge on any atom is -0.497 e. The van der Waals surface area contributed by atoms with Gasteiger partial charge in [0.05, 0.1) is 30.8 Å². The number of anilines is 1. The van der Waals surface area contributed by atoms with Gasteiger partial charge in [-0.3, -0.25) is 13.9 Å². The molecule has 30 heavy (non-hydrogen) atoms. The third-order valence-corrected chi connectivity index (χ3v) is 5.18. The zero-order chi connectivity index (χ0) is 22.2. The zero-order valence-corrected chi connectivity index (χ0v) is 18.1. The van der Waals surface area contributed by atoms with Crippen LogP contribution in [0.25, 0.3) is 0 Å². The lowest BCUT2D eigenvalue weighted by Gasteiger charge is -2.31. The second-order valence-electron chi connectivity index (χ2n) is 7.83. The summed E-state index contributed by atoms with van der Waals surface area (Å²) in [5, 5.41) is 3.08. The molecule has 0 saturated heterocycles. The summed E-state index contributed by atoms with van der Waals surface area (Å²) in [4.78, 5) is 38.7. The van der Waals surface area contributed by atoms with Crippen LogP contribution in [0.4, 0.5) is 5.82 Å². The van der Waals surface area contributed by atoms with E-state index in [2.05, 4.69) is 5.32 Å². The van der Waals surface area contributed by atoms with Crippen LogP contribution >= 0.6 is 0 Å². The van der Waals surface area contributed by atoms with Gasteiger partial charge >= 0.3 is 11.7 Å². The lowest BCUT2D eigenvalue weighted by molar-refractivity contribution is -0.140. The van der Waals surface area contributed by atoms with Crippen molar-refractivity contribution in [2.75, 3.05) is 19.0 Å². The van der Waals surface area contributed by atoms with E-state index >= 15 is 0 Å². The van der Waals surface area contributed by atoms with Crippen LogP contribution in [0.2, 0.25) is 0 Å². The van der Waals surface area contributed by atoms with Gasteiger partial charge in [-0.1, -0.05) is 26.0 Å². The molecule has 0 radical (unpaired) electrons. The number of ether oxygens (including phenoxy) is 2. The predicted molar refractivity (Wildman–Crippen MR) is 114 cm³/mol. The van der Waals surface area contributed by atoms with Crippen LogP contribution in [0.1, 0.15) is 37.8 Å². The molecule has 0 bridgehead atoms. The van der Waals surface area contributed by atoms with Crippen LogP contribution < -0.4 is 21.3 Å². The molecule has 0 unspecified atom stereocenters. The van der Waals surface area contributed by atoms with Crippen LogP contribution in [-0.2, 0) is 23.6 Å². The summed E-state index contributed by atoms with van der Waals surface area (Å²) >= 11 is 0. The Balaban J connectivity index is 2.30. The van der Waals surface area contributed by atoms with Crippen molar-refractivity contribution in [3.63, 3.8) is 0 Å². The molecule has 8 nitrogen and oxygen atoms in total. The molecule has 1 N–H and O–H groups in total. The summed E-state index contributed by atoms with van der Waals surface area (Å²) in [5.74, 6) is -0.0668. The lowest BCUT2D eigenvalue weighted by atomic mass is 9.82. The first-order valence-electron chi connectivity index (χ1n) is 9.76. The Morgan fingerprint density at radius 2 is 1.90 bits per heavy atom. The summed E-state index contributed by atoms with van der Waals surface area (Å²) in [7, 11) is 4.57. The molecule has 0 aliphatic carbocycles. The molecule has 1 aliphatic heterocycles. The van der Waals surface area contributed by atoms with Gasteiger partial charge in [0, 0.05) is 19.8 Å². The summed E-state index contributed by atoms with van der Waals surface area (Å²) in [6.45, 7) is 5.91. The number of benzene rings is 1. The van der Waals surface area contributed by atoms with E-state index in [1.807, 2.05) is 19.9 Å². The molecule has 1 atom stereocenters. The lowest BCUT2D eigenvalue weighted by Crippen LogP contribution is -2.43. The molecule has 1 aliphatic rings. The number of carbonyl (C=O) groups excluding carboxylic acids is 1. The van der Waals surface area contributed by atoms with Gasteiger partial charge in [-0.15, -0.1) is 0 Å². The van der Waals surface area contributed by atoms with E-state index in [1.54, 1.807) is 39.3 Å². The average molecular weight is 413 g/mol. The SMILES string of the molecule is COc1cccc([C@@H]2C(C(=O)OCC(C)C)=C(C)Nc3c2c(=O)n(C)c(=O)n3C)c1. The van der Waals surface area contributed by atoms with Gasteiger partial charge in [0.2, 0.25) is 0 Å². The van der Waals surface area contributed by atoms with E-state index in [-0.39, 0.29) is 12.5 Å². The van der Waals surface area contributed by atoms with Crippen LogP contribution in [-0.4, -0.2) is 28.8 Å². The van der Waals surface area contributed by atoms with Crippen molar-refractivity contribution in [2.45, 2.75) is 26.7 Å². The van der Waals surface area contributed by atoms with Crippen LogP contribution in [0.3, 0.4) is 0 Å². The minimum absolute atomic E-state index is 0.169. The summed E-state index contributed by atoms with van der Waals surface area (Å²) in [5.41, 5.74) is 0.975. The van der Waals surface area contributed by atoms with Gasteiger partial charge in [0.15, 0.2) is 0 Å². The number of hydrogen-bond acceptors (Lipinski definition) is 6. The second-order valence-corrected chi connectivity index (χ2v) is 7.83. The van der Waals surface area contributed by atoms with Gasteiger partial charge in [0.25, 0.3) is 5.56 Å². The highest BCUT2D eigenvalue weighted by Gasteiger charge is 2.37. The number of carbonyl (C=O) groups is 1. The minimum atomic E-state index is -0.707. The normalized spacial score (nSPS) is 15.6. The molecule has 0 fully saturated rings. The smallest absolute Gasteiger partial charge is 0.336 e. The van der Waals surface area contributed by atoms with Crippen molar-refractivity contribution in [3.05, 3.63) is 67.5 Å². The predicted octanol–water partition coefficient (Wildman–Crippen LogP) is 2.12. The van der Waals surface area contributed by atoms with Gasteiger partial charge in [-0.25, -0.2) is 9.59 Å². The first-order valence-corrected chi connectivity index (χ1v) is 9.76. The molecule has 0 spiro atoms. The third kappa shape index (κ3) is 3.65. The molecule has 3 rings (SSSR count). The highest BCUT2D eigenvalue weighted by atomic mass is 16.5. The number of hydrogen-bond donors (Lipinski definition) is 1.